The smallest absolute Gasteiger partial charge is 0.356 e. The summed E-state index contributed by atoms with van der Waals surface area (Å²) in [6.07, 6.45) is 3.08. The molecule has 9 heteroatoms. The lowest BCUT2D eigenvalue weighted by atomic mass is 10.1. The molecule has 0 aliphatic carbocycles. The number of ether oxygens (including phenoxy) is 1. The van der Waals surface area contributed by atoms with Gasteiger partial charge in [0.05, 0.1) is 18.4 Å². The Bertz CT molecular complexity index is 1300. The maximum absolute atomic E-state index is 13.2. The first-order chi connectivity index (χ1) is 15.4. The van der Waals surface area contributed by atoms with Crippen molar-refractivity contribution in [2.75, 3.05) is 30.5 Å². The van der Waals surface area contributed by atoms with Gasteiger partial charge in [0.1, 0.15) is 16.7 Å². The van der Waals surface area contributed by atoms with Crippen LogP contribution in [0.5, 0.6) is 0 Å². The van der Waals surface area contributed by atoms with Crippen LogP contribution in [0.4, 0.5) is 17.3 Å². The zero-order valence-corrected chi connectivity index (χ0v) is 18.3. The van der Waals surface area contributed by atoms with Crippen molar-refractivity contribution in [3.05, 3.63) is 70.3 Å². The fraction of sp³-hybridized carbons (Fsp3) is 0.174. The molecular weight excluding hydrogens is 430 g/mol. The van der Waals surface area contributed by atoms with E-state index in [0.717, 1.165) is 0 Å². The molecule has 0 unspecified atom stereocenters. The van der Waals surface area contributed by atoms with Crippen molar-refractivity contribution in [2.45, 2.75) is 6.92 Å². The molecule has 160 valence electrons. The van der Waals surface area contributed by atoms with E-state index in [1.54, 1.807) is 43.6 Å². The molecule has 0 saturated heterocycles. The van der Waals surface area contributed by atoms with Gasteiger partial charge in [-0.05, 0) is 37.3 Å². The molecule has 8 nitrogen and oxygen atoms in total. The van der Waals surface area contributed by atoms with Crippen LogP contribution < -0.4 is 9.80 Å². The summed E-state index contributed by atoms with van der Waals surface area (Å²) in [5.74, 6) is 6.25. The van der Waals surface area contributed by atoms with E-state index in [1.807, 2.05) is 11.8 Å². The predicted molar refractivity (Wildman–Crippen MR) is 120 cm³/mol. The van der Waals surface area contributed by atoms with Crippen LogP contribution in [0, 0.1) is 11.8 Å². The molecule has 3 aromatic rings. The predicted octanol–water partition coefficient (Wildman–Crippen LogP) is 3.46. The molecule has 3 aromatic heterocycles. The van der Waals surface area contributed by atoms with Gasteiger partial charge in [0, 0.05) is 37.1 Å². The van der Waals surface area contributed by atoms with E-state index in [0.29, 0.717) is 45.7 Å². The summed E-state index contributed by atoms with van der Waals surface area (Å²) in [6, 6.07) is 8.34. The van der Waals surface area contributed by atoms with Crippen molar-refractivity contribution in [1.29, 1.82) is 0 Å². The molecule has 1 aliphatic heterocycles. The molecule has 1 aliphatic rings. The summed E-state index contributed by atoms with van der Waals surface area (Å²) in [7, 11) is 2.97. The van der Waals surface area contributed by atoms with Crippen LogP contribution in [0.25, 0.3) is 0 Å². The van der Waals surface area contributed by atoms with Crippen molar-refractivity contribution in [1.82, 2.24) is 15.0 Å². The van der Waals surface area contributed by atoms with Gasteiger partial charge >= 0.3 is 5.97 Å². The molecule has 1 amide bonds. The molecule has 0 fully saturated rings. The van der Waals surface area contributed by atoms with Gasteiger partial charge in [-0.25, -0.2) is 19.7 Å². The minimum atomic E-state index is -0.540. The number of pyridine rings is 3. The Hall–Kier alpha value is -3.96. The zero-order valence-electron chi connectivity index (χ0n) is 17.6. The Labute approximate surface area is 189 Å². The van der Waals surface area contributed by atoms with Crippen LogP contribution >= 0.6 is 11.6 Å². The summed E-state index contributed by atoms with van der Waals surface area (Å²) in [5, 5.41) is 0.331. The monoisotopic (exact) mass is 447 g/mol. The molecule has 0 saturated carbocycles. The van der Waals surface area contributed by atoms with Crippen LogP contribution in [-0.4, -0.2) is 47.5 Å². The molecule has 0 N–H and O–H groups in total. The van der Waals surface area contributed by atoms with Gasteiger partial charge in [-0.1, -0.05) is 23.4 Å². The first-order valence-electron chi connectivity index (χ1n) is 9.71. The quantitative estimate of drug-likeness (QED) is 0.337. The van der Waals surface area contributed by atoms with E-state index >= 15 is 0 Å². The van der Waals surface area contributed by atoms with Crippen molar-refractivity contribution in [2.24, 2.45) is 0 Å². The van der Waals surface area contributed by atoms with E-state index in [1.165, 1.54) is 18.2 Å². The topological polar surface area (TPSA) is 88.5 Å². The summed E-state index contributed by atoms with van der Waals surface area (Å²) in [6.45, 7) is 2.49. The van der Waals surface area contributed by atoms with E-state index in [9.17, 15) is 9.59 Å². The van der Waals surface area contributed by atoms with Crippen molar-refractivity contribution in [3.8, 4) is 11.8 Å². The highest BCUT2D eigenvalue weighted by molar-refractivity contribution is 6.29. The maximum Gasteiger partial charge on any atom is 0.356 e. The number of rotatable bonds is 2. The molecule has 4 rings (SSSR count). The lowest BCUT2D eigenvalue weighted by Crippen LogP contribution is -2.25. The molecular formula is C23H18ClN5O3. The van der Waals surface area contributed by atoms with Crippen LogP contribution in [0.3, 0.4) is 0 Å². The lowest BCUT2D eigenvalue weighted by Gasteiger charge is -2.22. The van der Waals surface area contributed by atoms with Crippen molar-refractivity contribution >= 4 is 40.8 Å². The number of fused-ring (bicyclic) bond motifs is 2. The second kappa shape index (κ2) is 8.65. The summed E-state index contributed by atoms with van der Waals surface area (Å²) < 4.78 is 4.68. The SMILES string of the molecule is CCN1c2ncc(C#Cc3ccnc(C(=O)OC)c3)cc2C(=O)N(C)c2ccc(Cl)nc21. The Morgan fingerprint density at radius 1 is 1.12 bits per heavy atom. The van der Waals surface area contributed by atoms with Gasteiger partial charge in [-0.15, -0.1) is 0 Å². The van der Waals surface area contributed by atoms with Gasteiger partial charge in [0.25, 0.3) is 5.91 Å². The van der Waals surface area contributed by atoms with Crippen LogP contribution in [0.15, 0.2) is 42.7 Å². The number of nitrogens with zero attached hydrogens (tertiary/aromatic N) is 5. The molecule has 0 atom stereocenters. The van der Waals surface area contributed by atoms with E-state index in [-0.39, 0.29) is 11.6 Å². The molecule has 0 bridgehead atoms. The minimum absolute atomic E-state index is 0.165. The number of carbonyl (C=O) groups excluding carboxylic acids is 2. The number of amides is 1. The second-order valence-electron chi connectivity index (χ2n) is 6.85. The van der Waals surface area contributed by atoms with Crippen LogP contribution in [0.2, 0.25) is 5.15 Å². The van der Waals surface area contributed by atoms with Gasteiger partial charge in [0.15, 0.2) is 5.82 Å². The number of esters is 1. The number of carbonyl (C=O) groups is 2. The Kier molecular flexibility index (Phi) is 5.75. The van der Waals surface area contributed by atoms with Crippen molar-refractivity contribution in [3.63, 3.8) is 0 Å². The first kappa shape index (κ1) is 21.3. The summed E-state index contributed by atoms with van der Waals surface area (Å²) in [5.41, 5.74) is 2.34. The van der Waals surface area contributed by atoms with Gasteiger partial charge < -0.3 is 14.5 Å². The highest BCUT2D eigenvalue weighted by Gasteiger charge is 2.30. The number of aromatic nitrogens is 3. The Morgan fingerprint density at radius 3 is 2.66 bits per heavy atom. The average molecular weight is 448 g/mol. The zero-order chi connectivity index (χ0) is 22.8. The number of halogens is 1. The molecule has 4 heterocycles. The third-order valence-corrected chi connectivity index (χ3v) is 5.13. The number of anilines is 3. The number of hydrogen-bond donors (Lipinski definition) is 0. The molecule has 0 aromatic carbocycles. The number of methoxy groups -OCH3 is 1. The van der Waals surface area contributed by atoms with Crippen LogP contribution in [-0.2, 0) is 4.74 Å². The maximum atomic E-state index is 13.2. The van der Waals surface area contributed by atoms with Gasteiger partial charge in [0.2, 0.25) is 0 Å². The highest BCUT2D eigenvalue weighted by Crippen LogP contribution is 2.38. The molecule has 0 radical (unpaired) electrons. The fourth-order valence-electron chi connectivity index (χ4n) is 3.34. The van der Waals surface area contributed by atoms with Crippen molar-refractivity contribution < 1.29 is 14.3 Å². The van der Waals surface area contributed by atoms with E-state index in [4.69, 9.17) is 11.6 Å². The lowest BCUT2D eigenvalue weighted by molar-refractivity contribution is 0.0594. The highest BCUT2D eigenvalue weighted by atomic mass is 35.5. The standard InChI is InChI=1S/C23H18ClN5O3/c1-4-29-20-16(22(30)28(2)18-7-8-19(24)27-21(18)29)11-15(13-26-20)6-5-14-9-10-25-17(12-14)23(31)32-3/h7-13H,4H2,1-3H3. The summed E-state index contributed by atoms with van der Waals surface area (Å²) in [4.78, 5) is 41.2. The normalized spacial score (nSPS) is 12.3. The third kappa shape index (κ3) is 3.86. The average Bonchev–Trinajstić information content (AvgIpc) is 2.90. The van der Waals surface area contributed by atoms with Gasteiger partial charge in [-0.2, -0.15) is 0 Å². The fourth-order valence-corrected chi connectivity index (χ4v) is 3.48. The second-order valence-corrected chi connectivity index (χ2v) is 7.24. The van der Waals surface area contributed by atoms with E-state index < -0.39 is 5.97 Å². The first-order valence-corrected chi connectivity index (χ1v) is 10.1. The number of hydrogen-bond acceptors (Lipinski definition) is 7. The van der Waals surface area contributed by atoms with E-state index in [2.05, 4.69) is 31.5 Å². The Balaban J connectivity index is 1.76. The van der Waals surface area contributed by atoms with Gasteiger partial charge in [-0.3, -0.25) is 4.79 Å². The Morgan fingerprint density at radius 2 is 1.91 bits per heavy atom. The molecule has 32 heavy (non-hydrogen) atoms. The minimum Gasteiger partial charge on any atom is -0.464 e. The molecule has 0 spiro atoms. The van der Waals surface area contributed by atoms with Crippen LogP contribution in [0.1, 0.15) is 38.9 Å². The third-order valence-electron chi connectivity index (χ3n) is 4.92. The largest absolute Gasteiger partial charge is 0.464 e. The summed E-state index contributed by atoms with van der Waals surface area (Å²) >= 11 is 6.11.